The molecule has 1 atom stereocenters. The molecule has 1 heterocycles. The van der Waals surface area contributed by atoms with E-state index in [1.807, 2.05) is 24.3 Å². The van der Waals surface area contributed by atoms with Crippen LogP contribution in [0, 0.1) is 5.92 Å². The number of nitrogens with zero attached hydrogens (tertiary/aromatic N) is 1. The highest BCUT2D eigenvalue weighted by molar-refractivity contribution is 7.99. The smallest absolute Gasteiger partial charge is 0.220 e. The number of amides is 1. The lowest BCUT2D eigenvalue weighted by Crippen LogP contribution is -2.51. The molecule has 5 nitrogen and oxygen atoms in total. The number of rotatable bonds is 9. The maximum atomic E-state index is 12.2. The Morgan fingerprint density at radius 1 is 1.28 bits per heavy atom. The fourth-order valence-electron chi connectivity index (χ4n) is 2.94. The first-order chi connectivity index (χ1) is 12.1. The van der Waals surface area contributed by atoms with Gasteiger partial charge in [0.15, 0.2) is 0 Å². The Labute approximate surface area is 155 Å². The molecule has 0 radical (unpaired) electrons. The van der Waals surface area contributed by atoms with Crippen LogP contribution in [0.2, 0.25) is 0 Å². The number of nitrogens with one attached hydrogen (secondary N) is 1. The van der Waals surface area contributed by atoms with Crippen molar-refractivity contribution in [1.82, 2.24) is 10.2 Å². The van der Waals surface area contributed by atoms with E-state index in [1.165, 1.54) is 0 Å². The molecule has 1 saturated heterocycles. The molecule has 6 heteroatoms. The van der Waals surface area contributed by atoms with E-state index >= 15 is 0 Å². The normalized spacial score (nSPS) is 16.6. The molecule has 1 fully saturated rings. The summed E-state index contributed by atoms with van der Waals surface area (Å²) in [5.74, 6) is 2.26. The number of carbonyl (C=O) groups is 1. The molecule has 1 aliphatic rings. The van der Waals surface area contributed by atoms with Crippen molar-refractivity contribution in [3.63, 3.8) is 0 Å². The summed E-state index contributed by atoms with van der Waals surface area (Å²) in [5, 5.41) is 3.11. The summed E-state index contributed by atoms with van der Waals surface area (Å²) in [4.78, 5) is 15.7. The molecule has 140 valence electrons. The molecule has 0 bridgehead atoms. The Hall–Kier alpha value is -1.24. The molecule has 1 aliphatic heterocycles. The molecule has 1 aromatic carbocycles. The largest absolute Gasteiger partial charge is 0.497 e. The van der Waals surface area contributed by atoms with E-state index in [4.69, 9.17) is 9.47 Å². The highest BCUT2D eigenvalue weighted by Gasteiger charge is 2.24. The van der Waals surface area contributed by atoms with Gasteiger partial charge in [-0.2, -0.15) is 0 Å². The van der Waals surface area contributed by atoms with Crippen LogP contribution < -0.4 is 10.1 Å². The lowest BCUT2D eigenvalue weighted by atomic mass is 10.0. The maximum Gasteiger partial charge on any atom is 0.220 e. The fraction of sp³-hybridized carbons (Fsp3) is 0.632. The topological polar surface area (TPSA) is 50.8 Å². The second kappa shape index (κ2) is 10.7. The number of thioether (sulfide) groups is 1. The molecular formula is C19H30N2O3S. The highest BCUT2D eigenvalue weighted by atomic mass is 32.2. The predicted molar refractivity (Wildman–Crippen MR) is 102 cm³/mol. The van der Waals surface area contributed by atoms with Gasteiger partial charge in [-0.05, 0) is 30.2 Å². The second-order valence-electron chi connectivity index (χ2n) is 6.54. The van der Waals surface area contributed by atoms with Crippen molar-refractivity contribution in [2.75, 3.05) is 45.7 Å². The van der Waals surface area contributed by atoms with E-state index in [0.29, 0.717) is 24.9 Å². The first-order valence-electron chi connectivity index (χ1n) is 8.95. The zero-order valence-electron chi connectivity index (χ0n) is 15.5. The lowest BCUT2D eigenvalue weighted by Gasteiger charge is -2.36. The molecule has 0 spiro atoms. The summed E-state index contributed by atoms with van der Waals surface area (Å²) in [5.41, 5.74) is 0. The van der Waals surface area contributed by atoms with E-state index in [1.54, 1.807) is 18.9 Å². The minimum absolute atomic E-state index is 0.125. The Balaban J connectivity index is 1.69. The van der Waals surface area contributed by atoms with Crippen molar-refractivity contribution in [3.05, 3.63) is 24.3 Å². The Morgan fingerprint density at radius 2 is 1.96 bits per heavy atom. The molecule has 2 rings (SSSR count). The van der Waals surface area contributed by atoms with Crippen molar-refractivity contribution in [2.24, 2.45) is 5.92 Å². The summed E-state index contributed by atoms with van der Waals surface area (Å²) in [7, 11) is 1.66. The fourth-order valence-corrected chi connectivity index (χ4v) is 3.79. The van der Waals surface area contributed by atoms with Gasteiger partial charge in [-0.25, -0.2) is 0 Å². The average molecular weight is 367 g/mol. The molecular weight excluding hydrogens is 336 g/mol. The van der Waals surface area contributed by atoms with Gasteiger partial charge in [0, 0.05) is 42.7 Å². The number of ether oxygens (including phenoxy) is 2. The zero-order chi connectivity index (χ0) is 18.1. The Bertz CT molecular complexity index is 516. The highest BCUT2D eigenvalue weighted by Crippen LogP contribution is 2.21. The van der Waals surface area contributed by atoms with Gasteiger partial charge in [-0.1, -0.05) is 13.8 Å². The van der Waals surface area contributed by atoms with Crippen molar-refractivity contribution in [3.8, 4) is 5.75 Å². The third kappa shape index (κ3) is 6.88. The molecule has 0 aliphatic carbocycles. The predicted octanol–water partition coefficient (Wildman–Crippen LogP) is 2.65. The van der Waals surface area contributed by atoms with E-state index in [-0.39, 0.29) is 5.91 Å². The quantitative estimate of drug-likeness (QED) is 0.681. The average Bonchev–Trinajstić information content (AvgIpc) is 2.63. The number of hydrogen-bond donors (Lipinski definition) is 1. The van der Waals surface area contributed by atoms with Crippen molar-refractivity contribution < 1.29 is 14.3 Å². The molecule has 25 heavy (non-hydrogen) atoms. The number of morpholine rings is 1. The first-order valence-corrected chi connectivity index (χ1v) is 9.94. The van der Waals surface area contributed by atoms with E-state index in [9.17, 15) is 4.79 Å². The molecule has 0 aromatic heterocycles. The van der Waals surface area contributed by atoms with E-state index < -0.39 is 0 Å². The minimum atomic E-state index is 0.125. The number of carbonyl (C=O) groups excluding carboxylic acids is 1. The maximum absolute atomic E-state index is 12.2. The summed E-state index contributed by atoms with van der Waals surface area (Å²) in [6.07, 6.45) is 0.532. The Kier molecular flexibility index (Phi) is 8.58. The lowest BCUT2D eigenvalue weighted by molar-refractivity contribution is -0.121. The third-order valence-electron chi connectivity index (χ3n) is 4.45. The van der Waals surface area contributed by atoms with Crippen molar-refractivity contribution in [1.29, 1.82) is 0 Å². The molecule has 1 amide bonds. The van der Waals surface area contributed by atoms with Crippen molar-refractivity contribution in [2.45, 2.75) is 31.2 Å². The van der Waals surface area contributed by atoms with Crippen LogP contribution in [0.5, 0.6) is 5.75 Å². The molecule has 1 unspecified atom stereocenters. The zero-order valence-corrected chi connectivity index (χ0v) is 16.3. The van der Waals surface area contributed by atoms with Crippen LogP contribution in [0.1, 0.15) is 20.3 Å². The third-order valence-corrected chi connectivity index (χ3v) is 5.46. The van der Waals surface area contributed by atoms with Gasteiger partial charge in [-0.15, -0.1) is 11.8 Å². The van der Waals surface area contributed by atoms with Gasteiger partial charge in [0.25, 0.3) is 0 Å². The molecule has 1 N–H and O–H groups in total. The summed E-state index contributed by atoms with van der Waals surface area (Å²) < 4.78 is 10.6. The van der Waals surface area contributed by atoms with Gasteiger partial charge in [0.05, 0.1) is 20.3 Å². The SMILES string of the molecule is COc1ccc(SCCC(=O)NCC(C(C)C)N2CCOCC2)cc1. The number of benzene rings is 1. The summed E-state index contributed by atoms with van der Waals surface area (Å²) in [6.45, 7) is 8.62. The first kappa shape index (κ1) is 20.1. The van der Waals surface area contributed by atoms with Gasteiger partial charge < -0.3 is 14.8 Å². The van der Waals surface area contributed by atoms with Crippen LogP contribution in [0.15, 0.2) is 29.2 Å². The Morgan fingerprint density at radius 3 is 2.56 bits per heavy atom. The number of hydrogen-bond acceptors (Lipinski definition) is 5. The van der Waals surface area contributed by atoms with Crippen molar-refractivity contribution >= 4 is 17.7 Å². The van der Waals surface area contributed by atoms with Crippen LogP contribution in [0.25, 0.3) is 0 Å². The van der Waals surface area contributed by atoms with Crippen LogP contribution in [-0.2, 0) is 9.53 Å². The van der Waals surface area contributed by atoms with Crippen LogP contribution in [-0.4, -0.2) is 62.6 Å². The second-order valence-corrected chi connectivity index (χ2v) is 7.71. The van der Waals surface area contributed by atoms with Crippen LogP contribution in [0.4, 0.5) is 0 Å². The minimum Gasteiger partial charge on any atom is -0.497 e. The molecule has 1 aromatic rings. The standard InChI is InChI=1S/C19H30N2O3S/c1-15(2)18(21-9-11-24-12-10-21)14-20-19(22)8-13-25-17-6-4-16(23-3)5-7-17/h4-7,15,18H,8-14H2,1-3H3,(H,20,22). The van der Waals surface area contributed by atoms with Gasteiger partial charge >= 0.3 is 0 Å². The van der Waals surface area contributed by atoms with Crippen LogP contribution >= 0.6 is 11.8 Å². The monoisotopic (exact) mass is 366 g/mol. The van der Waals surface area contributed by atoms with Gasteiger partial charge in [-0.3, -0.25) is 9.69 Å². The van der Waals surface area contributed by atoms with E-state index in [0.717, 1.165) is 42.7 Å². The van der Waals surface area contributed by atoms with Gasteiger partial charge in [0.2, 0.25) is 5.91 Å². The van der Waals surface area contributed by atoms with Crippen LogP contribution in [0.3, 0.4) is 0 Å². The number of methoxy groups -OCH3 is 1. The van der Waals surface area contributed by atoms with Gasteiger partial charge in [0.1, 0.15) is 5.75 Å². The van der Waals surface area contributed by atoms with E-state index in [2.05, 4.69) is 24.1 Å². The molecule has 0 saturated carbocycles. The summed E-state index contributed by atoms with van der Waals surface area (Å²) >= 11 is 1.69. The summed E-state index contributed by atoms with van der Waals surface area (Å²) in [6, 6.07) is 8.31.